The van der Waals surface area contributed by atoms with Crippen molar-refractivity contribution in [3.63, 3.8) is 0 Å². The SMILES string of the molecule is O=C(NC(=O)c1ccc(Cl)cc1Cl)OC[C@@H]1CCC[NH+]2CCCC[C@@H]12. The van der Waals surface area contributed by atoms with E-state index in [1.165, 1.54) is 50.9 Å². The van der Waals surface area contributed by atoms with Gasteiger partial charge in [-0.3, -0.25) is 10.1 Å². The third-order valence-corrected chi connectivity index (χ3v) is 5.80. The lowest BCUT2D eigenvalue weighted by Crippen LogP contribution is -3.18. The number of quaternary nitrogens is 1. The molecule has 1 unspecified atom stereocenters. The van der Waals surface area contributed by atoms with Crippen LogP contribution in [0.1, 0.15) is 42.5 Å². The molecule has 0 radical (unpaired) electrons. The van der Waals surface area contributed by atoms with Gasteiger partial charge in [-0.2, -0.15) is 0 Å². The minimum Gasteiger partial charge on any atom is -0.449 e. The Morgan fingerprint density at radius 2 is 1.96 bits per heavy atom. The first-order valence-electron chi connectivity index (χ1n) is 8.82. The molecule has 1 aromatic carbocycles. The number of fused-ring (bicyclic) bond motifs is 1. The standard InChI is InChI=1S/C18H22Cl2N2O3/c19-13-6-7-14(15(20)10-13)17(23)21-18(24)25-11-12-4-3-9-22-8-2-1-5-16(12)22/h6-7,10,12,16H,1-5,8-9,11H2,(H,21,23,24)/p+1/t12-,16-/m0/s1. The molecule has 2 heterocycles. The molecule has 1 aromatic rings. The van der Waals surface area contributed by atoms with Crippen LogP contribution in [0.5, 0.6) is 0 Å². The number of nitrogens with one attached hydrogen (secondary N) is 2. The molecule has 5 nitrogen and oxygen atoms in total. The van der Waals surface area contributed by atoms with Gasteiger partial charge in [0.25, 0.3) is 5.91 Å². The van der Waals surface area contributed by atoms with E-state index in [0.29, 0.717) is 23.6 Å². The van der Waals surface area contributed by atoms with E-state index in [2.05, 4.69) is 5.32 Å². The molecule has 0 aliphatic carbocycles. The van der Waals surface area contributed by atoms with Crippen LogP contribution < -0.4 is 10.2 Å². The van der Waals surface area contributed by atoms with Crippen molar-refractivity contribution in [1.29, 1.82) is 0 Å². The maximum Gasteiger partial charge on any atom is 0.414 e. The molecule has 136 valence electrons. The van der Waals surface area contributed by atoms with E-state index in [4.69, 9.17) is 27.9 Å². The fourth-order valence-electron chi connectivity index (χ4n) is 4.03. The molecule has 0 bridgehead atoms. The first kappa shape index (κ1) is 18.5. The molecule has 2 aliphatic rings. The summed E-state index contributed by atoms with van der Waals surface area (Å²) < 4.78 is 5.33. The Hall–Kier alpha value is -1.30. The highest BCUT2D eigenvalue weighted by Gasteiger charge is 2.37. The Morgan fingerprint density at radius 3 is 2.76 bits per heavy atom. The van der Waals surface area contributed by atoms with Crippen molar-refractivity contribution >= 4 is 35.2 Å². The Labute approximate surface area is 157 Å². The topological polar surface area (TPSA) is 59.8 Å². The second-order valence-corrected chi connectivity index (χ2v) is 7.68. The molecule has 0 aromatic heterocycles. The van der Waals surface area contributed by atoms with Gasteiger partial charge in [0, 0.05) is 10.9 Å². The van der Waals surface area contributed by atoms with E-state index in [9.17, 15) is 9.59 Å². The zero-order chi connectivity index (χ0) is 17.8. The van der Waals surface area contributed by atoms with Gasteiger partial charge < -0.3 is 9.64 Å². The number of carbonyl (C=O) groups is 2. The van der Waals surface area contributed by atoms with Crippen LogP contribution in [0.2, 0.25) is 10.0 Å². The molecule has 0 spiro atoms. The van der Waals surface area contributed by atoms with Gasteiger partial charge in [0.2, 0.25) is 0 Å². The van der Waals surface area contributed by atoms with E-state index >= 15 is 0 Å². The Kier molecular flexibility index (Phi) is 6.20. The number of hydrogen-bond donors (Lipinski definition) is 2. The van der Waals surface area contributed by atoms with E-state index in [0.717, 1.165) is 6.42 Å². The van der Waals surface area contributed by atoms with Crippen molar-refractivity contribution < 1.29 is 19.2 Å². The second kappa shape index (κ2) is 8.39. The number of ether oxygens (including phenoxy) is 1. The summed E-state index contributed by atoms with van der Waals surface area (Å²) in [6, 6.07) is 5.08. The lowest BCUT2D eigenvalue weighted by Gasteiger charge is -2.40. The lowest BCUT2D eigenvalue weighted by atomic mass is 9.84. The quantitative estimate of drug-likeness (QED) is 0.840. The van der Waals surface area contributed by atoms with Crippen LogP contribution in [0.15, 0.2) is 18.2 Å². The molecular weight excluding hydrogens is 363 g/mol. The molecule has 25 heavy (non-hydrogen) atoms. The predicted molar refractivity (Wildman–Crippen MR) is 96.3 cm³/mol. The Bertz CT molecular complexity index is 651. The number of carbonyl (C=O) groups excluding carboxylic acids is 2. The zero-order valence-corrected chi connectivity index (χ0v) is 15.5. The first-order valence-corrected chi connectivity index (χ1v) is 9.58. The fraction of sp³-hybridized carbons (Fsp3) is 0.556. The van der Waals surface area contributed by atoms with Crippen LogP contribution in [-0.2, 0) is 4.74 Å². The number of piperidine rings is 2. The first-order chi connectivity index (χ1) is 12.0. The normalized spacial score (nSPS) is 25.8. The van der Waals surface area contributed by atoms with E-state index in [-0.39, 0.29) is 10.6 Å². The van der Waals surface area contributed by atoms with Crippen molar-refractivity contribution in [2.24, 2.45) is 5.92 Å². The number of hydrogen-bond acceptors (Lipinski definition) is 3. The molecule has 2 fully saturated rings. The number of halogens is 2. The molecule has 2 N–H and O–H groups in total. The average molecular weight is 386 g/mol. The average Bonchev–Trinajstić information content (AvgIpc) is 2.59. The highest BCUT2D eigenvalue weighted by Crippen LogP contribution is 2.22. The van der Waals surface area contributed by atoms with Gasteiger partial charge in [0.1, 0.15) is 6.61 Å². The van der Waals surface area contributed by atoms with Gasteiger partial charge >= 0.3 is 6.09 Å². The van der Waals surface area contributed by atoms with Gasteiger partial charge in [-0.1, -0.05) is 23.2 Å². The van der Waals surface area contributed by atoms with Crippen molar-refractivity contribution in [3.8, 4) is 0 Å². The minimum atomic E-state index is -0.723. The van der Waals surface area contributed by atoms with Crippen LogP contribution in [0.3, 0.4) is 0 Å². The number of amides is 2. The molecule has 2 aliphatic heterocycles. The van der Waals surface area contributed by atoms with Crippen molar-refractivity contribution in [2.75, 3.05) is 19.7 Å². The molecule has 2 amide bonds. The largest absolute Gasteiger partial charge is 0.449 e. The van der Waals surface area contributed by atoms with Crippen LogP contribution in [0, 0.1) is 5.92 Å². The molecule has 3 atom stereocenters. The van der Waals surface area contributed by atoms with Gasteiger partial charge in [0.15, 0.2) is 0 Å². The maximum atomic E-state index is 12.1. The summed E-state index contributed by atoms with van der Waals surface area (Å²) in [6.07, 6.45) is 5.27. The summed E-state index contributed by atoms with van der Waals surface area (Å²) in [6.45, 7) is 2.81. The van der Waals surface area contributed by atoms with Crippen LogP contribution >= 0.6 is 23.2 Å². The number of benzene rings is 1. The maximum absolute atomic E-state index is 12.1. The van der Waals surface area contributed by atoms with Crippen molar-refractivity contribution in [2.45, 2.75) is 38.1 Å². The summed E-state index contributed by atoms with van der Waals surface area (Å²) in [5, 5.41) is 2.87. The summed E-state index contributed by atoms with van der Waals surface area (Å²) in [5.74, 6) is -0.204. The summed E-state index contributed by atoms with van der Waals surface area (Å²) in [5.41, 5.74) is 0.198. The van der Waals surface area contributed by atoms with Gasteiger partial charge in [-0.05, 0) is 50.3 Å². The third kappa shape index (κ3) is 4.66. The van der Waals surface area contributed by atoms with E-state index in [1.54, 1.807) is 11.0 Å². The molecule has 2 saturated heterocycles. The minimum absolute atomic E-state index is 0.198. The Morgan fingerprint density at radius 1 is 1.16 bits per heavy atom. The third-order valence-electron chi connectivity index (χ3n) is 5.25. The highest BCUT2D eigenvalue weighted by molar-refractivity contribution is 6.37. The van der Waals surface area contributed by atoms with Crippen LogP contribution in [0.4, 0.5) is 4.79 Å². The zero-order valence-electron chi connectivity index (χ0n) is 14.0. The molecular formula is C18H23Cl2N2O3+. The van der Waals surface area contributed by atoms with Crippen molar-refractivity contribution in [3.05, 3.63) is 33.8 Å². The monoisotopic (exact) mass is 385 g/mol. The highest BCUT2D eigenvalue weighted by atomic mass is 35.5. The molecule has 3 rings (SSSR count). The molecule has 0 saturated carbocycles. The lowest BCUT2D eigenvalue weighted by molar-refractivity contribution is -0.940. The predicted octanol–water partition coefficient (Wildman–Crippen LogP) is 2.71. The van der Waals surface area contributed by atoms with Crippen molar-refractivity contribution in [1.82, 2.24) is 5.32 Å². The van der Waals surface area contributed by atoms with Gasteiger partial charge in [-0.15, -0.1) is 0 Å². The molecule has 7 heteroatoms. The van der Waals surface area contributed by atoms with Gasteiger partial charge in [0.05, 0.1) is 29.7 Å². The summed E-state index contributed by atoms with van der Waals surface area (Å²) in [4.78, 5) is 25.7. The summed E-state index contributed by atoms with van der Waals surface area (Å²) in [7, 11) is 0. The summed E-state index contributed by atoms with van der Waals surface area (Å²) >= 11 is 11.8. The number of rotatable bonds is 3. The van der Waals surface area contributed by atoms with Crippen LogP contribution in [0.25, 0.3) is 0 Å². The van der Waals surface area contributed by atoms with E-state index in [1.807, 2.05) is 0 Å². The number of imide groups is 1. The fourth-order valence-corrected chi connectivity index (χ4v) is 4.52. The number of alkyl carbamates (subject to hydrolysis) is 1. The van der Waals surface area contributed by atoms with Crippen LogP contribution in [-0.4, -0.2) is 37.7 Å². The second-order valence-electron chi connectivity index (χ2n) is 6.84. The van der Waals surface area contributed by atoms with Gasteiger partial charge in [-0.25, -0.2) is 4.79 Å². The van der Waals surface area contributed by atoms with E-state index < -0.39 is 12.0 Å². The smallest absolute Gasteiger partial charge is 0.414 e. The Balaban J connectivity index is 1.51.